The van der Waals surface area contributed by atoms with E-state index in [2.05, 4.69) is 0 Å². The van der Waals surface area contributed by atoms with Crippen LogP contribution in [0.5, 0.6) is 11.5 Å². The van der Waals surface area contributed by atoms with E-state index in [1.165, 1.54) is 0 Å². The molecule has 2 aromatic carbocycles. The molecule has 2 aromatic rings. The molecule has 34 heavy (non-hydrogen) atoms. The molecule has 1 N–H and O–H groups in total. The van der Waals surface area contributed by atoms with Crippen LogP contribution in [0.4, 0.5) is 0 Å². The number of Topliss-reactive ketones (excluding diaryl/α,β-unsaturated/α-hetero) is 1. The van der Waals surface area contributed by atoms with Gasteiger partial charge in [-0.25, -0.2) is 0 Å². The number of carbonyl (C=O) groups excluding carboxylic acids is 2. The van der Waals surface area contributed by atoms with Crippen molar-refractivity contribution in [3.8, 4) is 11.5 Å². The molecule has 1 saturated heterocycles. The number of halogens is 1. The van der Waals surface area contributed by atoms with Gasteiger partial charge in [0.05, 0.1) is 29.3 Å². The van der Waals surface area contributed by atoms with Gasteiger partial charge in [0.25, 0.3) is 11.7 Å². The van der Waals surface area contributed by atoms with Crippen molar-refractivity contribution in [3.63, 3.8) is 0 Å². The van der Waals surface area contributed by atoms with Crippen LogP contribution in [0.3, 0.4) is 0 Å². The van der Waals surface area contributed by atoms with E-state index in [4.69, 9.17) is 21.1 Å². The lowest BCUT2D eigenvalue weighted by atomic mass is 9.94. The molecule has 1 aliphatic heterocycles. The number of hydrogen-bond acceptors (Lipinski definition) is 5. The van der Waals surface area contributed by atoms with Crippen LogP contribution < -0.4 is 9.47 Å². The Balaban J connectivity index is 1.83. The fraction of sp³-hybridized carbons (Fsp3) is 0.407. The summed E-state index contributed by atoms with van der Waals surface area (Å²) in [5, 5.41) is 11.7. The molecule has 4 rings (SSSR count). The second-order valence-corrected chi connectivity index (χ2v) is 9.37. The largest absolute Gasteiger partial charge is 0.507 e. The van der Waals surface area contributed by atoms with E-state index in [0.29, 0.717) is 28.7 Å². The molecular formula is C27H30ClNO5. The van der Waals surface area contributed by atoms with E-state index in [0.717, 1.165) is 31.2 Å². The predicted octanol–water partition coefficient (Wildman–Crippen LogP) is 5.89. The van der Waals surface area contributed by atoms with Crippen LogP contribution in [0, 0.1) is 0 Å². The second kappa shape index (κ2) is 10.1. The van der Waals surface area contributed by atoms with Gasteiger partial charge in [-0.1, -0.05) is 36.6 Å². The molecule has 1 saturated carbocycles. The lowest BCUT2D eigenvalue weighted by molar-refractivity contribution is -0.141. The van der Waals surface area contributed by atoms with Gasteiger partial charge in [0, 0.05) is 11.6 Å². The molecule has 1 unspecified atom stereocenters. The Kier molecular flexibility index (Phi) is 7.17. The maximum Gasteiger partial charge on any atom is 0.295 e. The Morgan fingerprint density at radius 1 is 1.12 bits per heavy atom. The molecule has 0 radical (unpaired) electrons. The highest BCUT2D eigenvalue weighted by Gasteiger charge is 2.49. The van der Waals surface area contributed by atoms with E-state index in [1.54, 1.807) is 23.1 Å². The van der Waals surface area contributed by atoms with Crippen molar-refractivity contribution in [1.82, 2.24) is 4.90 Å². The van der Waals surface area contributed by atoms with Gasteiger partial charge in [-0.05, 0) is 69.5 Å². The first kappa shape index (κ1) is 24.1. The topological polar surface area (TPSA) is 76.1 Å². The molecule has 1 aliphatic carbocycles. The first-order valence-corrected chi connectivity index (χ1v) is 12.2. The molecule has 1 amide bonds. The molecule has 6 nitrogen and oxygen atoms in total. The quantitative estimate of drug-likeness (QED) is 0.302. The Labute approximate surface area is 205 Å². The zero-order valence-electron chi connectivity index (χ0n) is 19.7. The number of benzene rings is 2. The molecule has 0 aromatic heterocycles. The first-order chi connectivity index (χ1) is 16.3. The number of aliphatic hydroxyl groups excluding tert-OH is 1. The Hall–Kier alpha value is -2.99. The maximum atomic E-state index is 13.3. The number of carbonyl (C=O) groups is 2. The van der Waals surface area contributed by atoms with Gasteiger partial charge in [0.15, 0.2) is 0 Å². The van der Waals surface area contributed by atoms with Crippen molar-refractivity contribution in [1.29, 1.82) is 0 Å². The monoisotopic (exact) mass is 483 g/mol. The van der Waals surface area contributed by atoms with Crippen molar-refractivity contribution in [2.45, 2.75) is 64.6 Å². The van der Waals surface area contributed by atoms with Crippen LogP contribution in [0.15, 0.2) is 48.0 Å². The zero-order chi connectivity index (χ0) is 24.4. The van der Waals surface area contributed by atoms with Crippen LogP contribution in [-0.4, -0.2) is 40.4 Å². The van der Waals surface area contributed by atoms with E-state index in [-0.39, 0.29) is 23.5 Å². The van der Waals surface area contributed by atoms with Crippen LogP contribution in [0.25, 0.3) is 5.76 Å². The van der Waals surface area contributed by atoms with Gasteiger partial charge in [0.1, 0.15) is 17.3 Å². The van der Waals surface area contributed by atoms with Crippen molar-refractivity contribution < 1.29 is 24.2 Å². The molecule has 7 heteroatoms. The summed E-state index contributed by atoms with van der Waals surface area (Å²) in [6.07, 6.45) is 3.73. The lowest BCUT2D eigenvalue weighted by Gasteiger charge is -2.31. The normalized spacial score (nSPS) is 20.4. The number of ether oxygens (including phenoxy) is 2. The third-order valence-electron chi connectivity index (χ3n) is 6.27. The highest BCUT2D eigenvalue weighted by atomic mass is 35.5. The minimum Gasteiger partial charge on any atom is -0.507 e. The lowest BCUT2D eigenvalue weighted by Crippen LogP contribution is -2.37. The summed E-state index contributed by atoms with van der Waals surface area (Å²) in [7, 11) is 0. The van der Waals surface area contributed by atoms with Crippen LogP contribution in [0.1, 0.15) is 63.6 Å². The number of ketones is 1. The standard InChI is InChI=1S/C27H30ClNO5/c1-4-33-22-15-18(11-14-21(22)28)25(30)23-24(17-9-12-20(13-10-17)34-16(2)3)29(27(32)26(23)31)19-7-5-6-8-19/h9-16,19,24,30H,4-8H2,1-3H3/b25-23-. The van der Waals surface area contributed by atoms with Crippen molar-refractivity contribution in [2.24, 2.45) is 0 Å². The van der Waals surface area contributed by atoms with E-state index in [9.17, 15) is 14.7 Å². The van der Waals surface area contributed by atoms with E-state index < -0.39 is 17.7 Å². The minimum absolute atomic E-state index is 0.0272. The number of amides is 1. The predicted molar refractivity (Wildman–Crippen MR) is 131 cm³/mol. The number of likely N-dealkylation sites (tertiary alicyclic amines) is 1. The molecule has 1 heterocycles. The van der Waals surface area contributed by atoms with Gasteiger partial charge in [0.2, 0.25) is 0 Å². The number of aliphatic hydroxyl groups is 1. The van der Waals surface area contributed by atoms with Gasteiger partial charge < -0.3 is 19.5 Å². The SMILES string of the molecule is CCOc1cc(/C(O)=C2/C(=O)C(=O)N(C3CCCC3)C2c2ccc(OC(C)C)cc2)ccc1Cl. The molecule has 0 bridgehead atoms. The fourth-order valence-corrected chi connectivity index (χ4v) is 4.98. The molecule has 180 valence electrons. The summed E-state index contributed by atoms with van der Waals surface area (Å²) in [5.74, 6) is -0.366. The molecule has 0 spiro atoms. The zero-order valence-corrected chi connectivity index (χ0v) is 20.5. The number of rotatable bonds is 7. The summed E-state index contributed by atoms with van der Waals surface area (Å²) in [6.45, 7) is 6.14. The summed E-state index contributed by atoms with van der Waals surface area (Å²) in [6, 6.07) is 11.5. The fourth-order valence-electron chi connectivity index (χ4n) is 4.81. The van der Waals surface area contributed by atoms with E-state index in [1.807, 2.05) is 45.0 Å². The highest BCUT2D eigenvalue weighted by Crippen LogP contribution is 2.44. The Morgan fingerprint density at radius 3 is 2.41 bits per heavy atom. The third-order valence-corrected chi connectivity index (χ3v) is 6.58. The van der Waals surface area contributed by atoms with Gasteiger partial charge >= 0.3 is 0 Å². The average Bonchev–Trinajstić information content (AvgIpc) is 3.42. The van der Waals surface area contributed by atoms with Crippen LogP contribution >= 0.6 is 11.6 Å². The minimum atomic E-state index is -0.678. The number of nitrogens with zero attached hydrogens (tertiary/aromatic N) is 1. The third kappa shape index (κ3) is 4.64. The summed E-state index contributed by atoms with van der Waals surface area (Å²) in [4.78, 5) is 28.2. The molecular weight excluding hydrogens is 454 g/mol. The molecule has 1 atom stereocenters. The van der Waals surface area contributed by atoms with Gasteiger partial charge in [-0.2, -0.15) is 0 Å². The molecule has 2 aliphatic rings. The van der Waals surface area contributed by atoms with Crippen molar-refractivity contribution in [3.05, 3.63) is 64.2 Å². The Bertz CT molecular complexity index is 1100. The first-order valence-electron chi connectivity index (χ1n) is 11.8. The van der Waals surface area contributed by atoms with Crippen molar-refractivity contribution >= 4 is 29.1 Å². The highest BCUT2D eigenvalue weighted by molar-refractivity contribution is 6.46. The van der Waals surface area contributed by atoms with Crippen molar-refractivity contribution in [2.75, 3.05) is 6.61 Å². The summed E-state index contributed by atoms with van der Waals surface area (Å²) >= 11 is 6.21. The molecule has 2 fully saturated rings. The second-order valence-electron chi connectivity index (χ2n) is 8.96. The van der Waals surface area contributed by atoms with Gasteiger partial charge in [-0.3, -0.25) is 9.59 Å². The summed E-state index contributed by atoms with van der Waals surface area (Å²) < 4.78 is 11.3. The smallest absolute Gasteiger partial charge is 0.295 e. The van der Waals surface area contributed by atoms with E-state index >= 15 is 0 Å². The van der Waals surface area contributed by atoms with Crippen LogP contribution in [0.2, 0.25) is 5.02 Å². The number of hydrogen-bond donors (Lipinski definition) is 1. The average molecular weight is 484 g/mol. The maximum absolute atomic E-state index is 13.3. The summed E-state index contributed by atoms with van der Waals surface area (Å²) in [5.41, 5.74) is 1.21. The van der Waals surface area contributed by atoms with Gasteiger partial charge in [-0.15, -0.1) is 0 Å². The van der Waals surface area contributed by atoms with Crippen LogP contribution in [-0.2, 0) is 9.59 Å². The Morgan fingerprint density at radius 2 is 1.79 bits per heavy atom.